The number of thioether (sulfide) groups is 1. The number of amides is 2. The molecule has 0 radical (unpaired) electrons. The van der Waals surface area contributed by atoms with Crippen LogP contribution in [-0.4, -0.2) is 40.5 Å². The second-order valence-corrected chi connectivity index (χ2v) is 7.16. The third-order valence-corrected chi connectivity index (χ3v) is 4.98. The second-order valence-electron chi connectivity index (χ2n) is 6.24. The molecule has 1 heterocycles. The zero-order valence-electron chi connectivity index (χ0n) is 15.9. The summed E-state index contributed by atoms with van der Waals surface area (Å²) in [6.45, 7) is 1.54. The number of para-hydroxylation sites is 3. The summed E-state index contributed by atoms with van der Waals surface area (Å²) in [5.41, 5.74) is -0.0244. The average Bonchev–Trinajstić information content (AvgIpc) is 3.13. The Bertz CT molecular complexity index is 1020. The number of likely N-dealkylation sites (N-methyl/N-ethyl adjacent to an activating group) is 1. The van der Waals surface area contributed by atoms with Crippen LogP contribution >= 0.6 is 11.8 Å². The molecule has 30 heavy (non-hydrogen) atoms. The first-order chi connectivity index (χ1) is 14.3. The van der Waals surface area contributed by atoms with Crippen LogP contribution in [0.5, 0.6) is 0 Å². The largest absolute Gasteiger partial charge is 0.431 e. The molecule has 0 unspecified atom stereocenters. The molecule has 1 aromatic heterocycles. The van der Waals surface area contributed by atoms with Gasteiger partial charge in [0.1, 0.15) is 5.52 Å². The maximum atomic E-state index is 13.1. The SMILES string of the molecule is CCN(CC(=O)Nc1ccccc1C(F)(F)F)C(=O)CSc1nc2ccccc2o1. The summed E-state index contributed by atoms with van der Waals surface area (Å²) in [5, 5.41) is 2.56. The van der Waals surface area contributed by atoms with Crippen molar-refractivity contribution in [3.8, 4) is 0 Å². The van der Waals surface area contributed by atoms with Crippen molar-refractivity contribution in [3.63, 3.8) is 0 Å². The maximum absolute atomic E-state index is 13.1. The van der Waals surface area contributed by atoms with Gasteiger partial charge in [0.2, 0.25) is 11.8 Å². The fourth-order valence-corrected chi connectivity index (χ4v) is 3.45. The van der Waals surface area contributed by atoms with Crippen molar-refractivity contribution in [2.24, 2.45) is 0 Å². The van der Waals surface area contributed by atoms with Crippen molar-refractivity contribution in [2.75, 3.05) is 24.2 Å². The summed E-state index contributed by atoms with van der Waals surface area (Å²) in [6, 6.07) is 11.9. The first-order valence-electron chi connectivity index (χ1n) is 9.00. The zero-order chi connectivity index (χ0) is 21.7. The van der Waals surface area contributed by atoms with Gasteiger partial charge in [0.15, 0.2) is 5.58 Å². The number of halogens is 3. The van der Waals surface area contributed by atoms with Gasteiger partial charge in [-0.05, 0) is 31.2 Å². The van der Waals surface area contributed by atoms with E-state index in [1.54, 1.807) is 19.1 Å². The fourth-order valence-electron chi connectivity index (χ4n) is 2.71. The molecule has 2 aromatic carbocycles. The number of oxazole rings is 1. The molecule has 0 bridgehead atoms. The lowest BCUT2D eigenvalue weighted by Crippen LogP contribution is -2.39. The number of hydrogen-bond acceptors (Lipinski definition) is 5. The molecule has 0 aliphatic rings. The van der Waals surface area contributed by atoms with E-state index in [2.05, 4.69) is 10.3 Å². The topological polar surface area (TPSA) is 75.4 Å². The number of rotatable bonds is 7. The van der Waals surface area contributed by atoms with E-state index in [-0.39, 0.29) is 30.4 Å². The van der Waals surface area contributed by atoms with Gasteiger partial charge in [-0.15, -0.1) is 0 Å². The molecule has 3 aromatic rings. The van der Waals surface area contributed by atoms with E-state index in [0.717, 1.165) is 17.8 Å². The van der Waals surface area contributed by atoms with E-state index < -0.39 is 17.6 Å². The average molecular weight is 437 g/mol. The number of carbonyl (C=O) groups is 2. The van der Waals surface area contributed by atoms with Crippen LogP contribution in [-0.2, 0) is 15.8 Å². The van der Waals surface area contributed by atoms with Crippen LogP contribution in [0.1, 0.15) is 12.5 Å². The molecule has 0 aliphatic carbocycles. The van der Waals surface area contributed by atoms with Gasteiger partial charge in [-0.25, -0.2) is 4.98 Å². The van der Waals surface area contributed by atoms with Gasteiger partial charge in [0, 0.05) is 6.54 Å². The molecule has 0 aliphatic heterocycles. The van der Waals surface area contributed by atoms with E-state index in [9.17, 15) is 22.8 Å². The Labute approximate surface area is 174 Å². The molecule has 0 saturated heterocycles. The van der Waals surface area contributed by atoms with Gasteiger partial charge in [-0.1, -0.05) is 36.0 Å². The van der Waals surface area contributed by atoms with Crippen LogP contribution in [0.3, 0.4) is 0 Å². The van der Waals surface area contributed by atoms with Gasteiger partial charge >= 0.3 is 6.18 Å². The van der Waals surface area contributed by atoms with Crippen LogP contribution in [0.4, 0.5) is 18.9 Å². The monoisotopic (exact) mass is 437 g/mol. The summed E-state index contributed by atoms with van der Waals surface area (Å²) in [5.74, 6) is -1.09. The van der Waals surface area contributed by atoms with Gasteiger partial charge in [-0.2, -0.15) is 13.2 Å². The lowest BCUT2D eigenvalue weighted by molar-refractivity contribution is -0.137. The first kappa shape index (κ1) is 21.7. The van der Waals surface area contributed by atoms with Crippen molar-refractivity contribution in [1.82, 2.24) is 9.88 Å². The van der Waals surface area contributed by atoms with Crippen molar-refractivity contribution in [3.05, 3.63) is 54.1 Å². The van der Waals surface area contributed by atoms with Crippen molar-refractivity contribution in [2.45, 2.75) is 18.3 Å². The Morgan fingerprint density at radius 2 is 1.83 bits per heavy atom. The quantitative estimate of drug-likeness (QED) is 0.554. The van der Waals surface area contributed by atoms with Gasteiger partial charge in [-0.3, -0.25) is 9.59 Å². The summed E-state index contributed by atoms with van der Waals surface area (Å²) >= 11 is 1.09. The molecule has 6 nitrogen and oxygen atoms in total. The van der Waals surface area contributed by atoms with Crippen LogP contribution in [0.15, 0.2) is 58.2 Å². The normalized spacial score (nSPS) is 11.5. The summed E-state index contributed by atoms with van der Waals surface area (Å²) in [7, 11) is 0. The highest BCUT2D eigenvalue weighted by Gasteiger charge is 2.33. The number of aromatic nitrogens is 1. The van der Waals surface area contributed by atoms with Crippen LogP contribution in [0.2, 0.25) is 0 Å². The number of benzene rings is 2. The number of alkyl halides is 3. The van der Waals surface area contributed by atoms with E-state index in [0.29, 0.717) is 16.3 Å². The molecule has 1 N–H and O–H groups in total. The lowest BCUT2D eigenvalue weighted by atomic mass is 10.1. The summed E-state index contributed by atoms with van der Waals surface area (Å²) in [6.07, 6.45) is -4.60. The molecule has 0 atom stereocenters. The minimum absolute atomic E-state index is 0.0208. The Morgan fingerprint density at radius 1 is 1.13 bits per heavy atom. The molecule has 3 rings (SSSR count). The van der Waals surface area contributed by atoms with E-state index in [1.165, 1.54) is 23.1 Å². The Kier molecular flexibility index (Phi) is 6.66. The van der Waals surface area contributed by atoms with E-state index in [1.807, 2.05) is 12.1 Å². The minimum Gasteiger partial charge on any atom is -0.431 e. The molecule has 0 saturated carbocycles. The number of fused-ring (bicyclic) bond motifs is 1. The van der Waals surface area contributed by atoms with Crippen molar-refractivity contribution >= 4 is 40.4 Å². The fraction of sp³-hybridized carbons (Fsp3) is 0.250. The predicted molar refractivity (Wildman–Crippen MR) is 107 cm³/mol. The standard InChI is InChI=1S/C20H18F3N3O3S/c1-2-26(11-17(27)24-14-8-4-3-7-13(14)20(21,22)23)18(28)12-30-19-25-15-9-5-6-10-16(15)29-19/h3-10H,2,11-12H2,1H3,(H,24,27). The van der Waals surface area contributed by atoms with Crippen molar-refractivity contribution < 1.29 is 27.2 Å². The second kappa shape index (κ2) is 9.21. The molecule has 0 fully saturated rings. The van der Waals surface area contributed by atoms with E-state index in [4.69, 9.17) is 4.42 Å². The predicted octanol–water partition coefficient (Wildman–Crippen LogP) is 4.43. The highest BCUT2D eigenvalue weighted by Crippen LogP contribution is 2.34. The first-order valence-corrected chi connectivity index (χ1v) is 9.98. The van der Waals surface area contributed by atoms with Gasteiger partial charge < -0.3 is 14.6 Å². The third-order valence-electron chi connectivity index (χ3n) is 4.17. The molecule has 2 amide bonds. The number of nitrogens with zero attached hydrogens (tertiary/aromatic N) is 2. The number of nitrogens with one attached hydrogen (secondary N) is 1. The van der Waals surface area contributed by atoms with Crippen molar-refractivity contribution in [1.29, 1.82) is 0 Å². The third kappa shape index (κ3) is 5.32. The number of hydrogen-bond donors (Lipinski definition) is 1. The Hall–Kier alpha value is -3.01. The minimum atomic E-state index is -4.60. The number of carbonyl (C=O) groups excluding carboxylic acids is 2. The van der Waals surface area contributed by atoms with Gasteiger partial charge in [0.25, 0.3) is 5.22 Å². The summed E-state index contributed by atoms with van der Waals surface area (Å²) < 4.78 is 44.7. The summed E-state index contributed by atoms with van der Waals surface area (Å²) in [4.78, 5) is 30.2. The van der Waals surface area contributed by atoms with Gasteiger partial charge in [0.05, 0.1) is 23.5 Å². The number of anilines is 1. The van der Waals surface area contributed by atoms with E-state index >= 15 is 0 Å². The maximum Gasteiger partial charge on any atom is 0.418 e. The highest BCUT2D eigenvalue weighted by molar-refractivity contribution is 7.99. The Morgan fingerprint density at radius 3 is 2.53 bits per heavy atom. The smallest absolute Gasteiger partial charge is 0.418 e. The molecular weight excluding hydrogens is 419 g/mol. The lowest BCUT2D eigenvalue weighted by Gasteiger charge is -2.20. The zero-order valence-corrected chi connectivity index (χ0v) is 16.7. The molecule has 10 heteroatoms. The highest BCUT2D eigenvalue weighted by atomic mass is 32.2. The Balaban J connectivity index is 1.59. The molecular formula is C20H18F3N3O3S. The molecule has 158 valence electrons. The molecule has 0 spiro atoms. The van der Waals surface area contributed by atoms with Crippen LogP contribution in [0.25, 0.3) is 11.1 Å². The van der Waals surface area contributed by atoms with Crippen LogP contribution < -0.4 is 5.32 Å². The van der Waals surface area contributed by atoms with Crippen LogP contribution in [0, 0.1) is 0 Å².